The smallest absolute Gasteiger partial charge is 0.00702 e. The second-order valence-corrected chi connectivity index (χ2v) is 3.07. The van der Waals surface area contributed by atoms with Crippen LogP contribution in [0, 0.1) is 0 Å². The fourth-order valence-electron chi connectivity index (χ4n) is 1.97. The topological polar surface area (TPSA) is 12.0 Å². The molecule has 1 heteroatoms. The van der Waals surface area contributed by atoms with Crippen molar-refractivity contribution in [2.24, 2.45) is 0 Å². The average molecular weight is 113 g/mol. The van der Waals surface area contributed by atoms with E-state index in [1.165, 1.54) is 32.1 Å². The van der Waals surface area contributed by atoms with Crippen LogP contribution in [0.1, 0.15) is 33.5 Å². The summed E-state index contributed by atoms with van der Waals surface area (Å²) < 4.78 is 0. The second kappa shape index (κ2) is 1.73. The average Bonchev–Trinajstić information content (AvgIpc) is 2.12. The van der Waals surface area contributed by atoms with Crippen molar-refractivity contribution in [1.82, 2.24) is 5.32 Å². The highest BCUT2D eigenvalue weighted by Gasteiger charge is 2.26. The molecule has 8 heavy (non-hydrogen) atoms. The molecule has 0 aromatic heterocycles. The van der Waals surface area contributed by atoms with Crippen molar-refractivity contribution in [3.05, 3.63) is 0 Å². The molecule has 2 unspecified atom stereocenters. The maximum absolute atomic E-state index is 3.59. The maximum Gasteiger partial charge on any atom is 0.00702 e. The van der Waals surface area contributed by atoms with Gasteiger partial charge in [-0.05, 0) is 25.7 Å². The molecule has 1 N–H and O–H groups in total. The highest BCUT2D eigenvalue weighted by molar-refractivity contribution is 4.87. The number of nitrogens with one attached hydrogen (secondary N) is 1. The quantitative estimate of drug-likeness (QED) is 0.502. The van der Waals surface area contributed by atoms with Gasteiger partial charge in [0.15, 0.2) is 0 Å². The van der Waals surface area contributed by atoms with Gasteiger partial charge < -0.3 is 5.32 Å². The van der Waals surface area contributed by atoms with Crippen molar-refractivity contribution in [3.8, 4) is 0 Å². The molecule has 2 heterocycles. The van der Waals surface area contributed by atoms with Gasteiger partial charge in [0.25, 0.3) is 0 Å². The van der Waals surface area contributed by atoms with Crippen molar-refractivity contribution in [3.63, 3.8) is 0 Å². The Bertz CT molecular complexity index is 80.9. The first kappa shape index (κ1) is 4.80. The SMILES string of the molecule is C1CC2CCC(C1)N2.[HH]. The summed E-state index contributed by atoms with van der Waals surface area (Å²) in [5.41, 5.74) is 0. The molecular formula is C7H15N. The molecule has 1 nitrogen and oxygen atoms in total. The molecule has 0 aromatic rings. The summed E-state index contributed by atoms with van der Waals surface area (Å²) in [5, 5.41) is 3.59. The molecule has 0 radical (unpaired) electrons. The Balaban J connectivity index is 0.000000405. The van der Waals surface area contributed by atoms with Crippen LogP contribution < -0.4 is 5.32 Å². The zero-order chi connectivity index (χ0) is 5.40. The molecule has 2 aliphatic rings. The Morgan fingerprint density at radius 1 is 1.00 bits per heavy atom. The van der Waals surface area contributed by atoms with Gasteiger partial charge in [-0.2, -0.15) is 0 Å². The number of rotatable bonds is 0. The van der Waals surface area contributed by atoms with Crippen molar-refractivity contribution in [1.29, 1.82) is 0 Å². The van der Waals surface area contributed by atoms with Gasteiger partial charge in [0, 0.05) is 13.5 Å². The third-order valence-electron chi connectivity index (χ3n) is 2.44. The molecule has 2 bridgehead atoms. The molecule has 0 saturated carbocycles. The van der Waals surface area contributed by atoms with Crippen LogP contribution in [0.3, 0.4) is 0 Å². The molecule has 0 aromatic carbocycles. The van der Waals surface area contributed by atoms with Crippen LogP contribution >= 0.6 is 0 Å². The van der Waals surface area contributed by atoms with Crippen molar-refractivity contribution in [2.75, 3.05) is 0 Å². The van der Waals surface area contributed by atoms with E-state index in [1.54, 1.807) is 0 Å². The summed E-state index contributed by atoms with van der Waals surface area (Å²) in [4.78, 5) is 0. The Labute approximate surface area is 52.0 Å². The van der Waals surface area contributed by atoms with Crippen LogP contribution in [0.4, 0.5) is 0 Å². The summed E-state index contributed by atoms with van der Waals surface area (Å²) in [5.74, 6) is 0. The molecule has 48 valence electrons. The van der Waals surface area contributed by atoms with Gasteiger partial charge in [-0.3, -0.25) is 0 Å². The van der Waals surface area contributed by atoms with Crippen molar-refractivity contribution < 1.29 is 1.43 Å². The minimum atomic E-state index is 0. The fourth-order valence-corrected chi connectivity index (χ4v) is 1.97. The summed E-state index contributed by atoms with van der Waals surface area (Å²) in [6, 6.07) is 1.82. The van der Waals surface area contributed by atoms with E-state index in [-0.39, 0.29) is 1.43 Å². The molecule has 2 rings (SSSR count). The van der Waals surface area contributed by atoms with Gasteiger partial charge in [-0.25, -0.2) is 0 Å². The summed E-state index contributed by atoms with van der Waals surface area (Å²) in [6.07, 6.45) is 7.25. The zero-order valence-electron chi connectivity index (χ0n) is 5.19. The van der Waals surface area contributed by atoms with Crippen LogP contribution in [0.15, 0.2) is 0 Å². The summed E-state index contributed by atoms with van der Waals surface area (Å²) in [7, 11) is 0. The number of hydrogen-bond acceptors (Lipinski definition) is 1. The predicted octanol–water partition coefficient (Wildman–Crippen LogP) is 1.54. The lowest BCUT2D eigenvalue weighted by Gasteiger charge is -2.19. The molecule has 2 saturated heterocycles. The fraction of sp³-hybridized carbons (Fsp3) is 1.00. The largest absolute Gasteiger partial charge is 0.311 e. The van der Waals surface area contributed by atoms with Crippen LogP contribution in [0.5, 0.6) is 0 Å². The van der Waals surface area contributed by atoms with E-state index >= 15 is 0 Å². The highest BCUT2D eigenvalue weighted by Crippen LogP contribution is 2.25. The first-order chi connectivity index (χ1) is 3.95. The third kappa shape index (κ3) is 0.655. The predicted molar refractivity (Wildman–Crippen MR) is 35.9 cm³/mol. The lowest BCUT2D eigenvalue weighted by atomic mass is 10.1. The highest BCUT2D eigenvalue weighted by atomic mass is 15.0. The van der Waals surface area contributed by atoms with Crippen molar-refractivity contribution >= 4 is 0 Å². The lowest BCUT2D eigenvalue weighted by molar-refractivity contribution is 0.406. The van der Waals surface area contributed by atoms with Gasteiger partial charge in [-0.1, -0.05) is 6.42 Å². The molecule has 2 fully saturated rings. The molecule has 2 aliphatic heterocycles. The molecule has 0 spiro atoms. The number of hydrogen-bond donors (Lipinski definition) is 1. The third-order valence-corrected chi connectivity index (χ3v) is 2.44. The van der Waals surface area contributed by atoms with Crippen molar-refractivity contribution in [2.45, 2.75) is 44.2 Å². The minimum absolute atomic E-state index is 0. The normalized spacial score (nSPS) is 45.0. The van der Waals surface area contributed by atoms with Gasteiger partial charge in [0.2, 0.25) is 0 Å². The van der Waals surface area contributed by atoms with E-state index < -0.39 is 0 Å². The number of fused-ring (bicyclic) bond motifs is 2. The van der Waals surface area contributed by atoms with Crippen LogP contribution in [0.25, 0.3) is 0 Å². The van der Waals surface area contributed by atoms with Gasteiger partial charge in [0.1, 0.15) is 0 Å². The Morgan fingerprint density at radius 2 is 1.62 bits per heavy atom. The van der Waals surface area contributed by atoms with Gasteiger partial charge >= 0.3 is 0 Å². The van der Waals surface area contributed by atoms with E-state index in [1.807, 2.05) is 0 Å². The monoisotopic (exact) mass is 113 g/mol. The van der Waals surface area contributed by atoms with Gasteiger partial charge in [0.05, 0.1) is 0 Å². The Hall–Kier alpha value is -0.0400. The van der Waals surface area contributed by atoms with Gasteiger partial charge in [-0.15, -0.1) is 0 Å². The second-order valence-electron chi connectivity index (χ2n) is 3.07. The van der Waals surface area contributed by atoms with Crippen LogP contribution in [-0.2, 0) is 0 Å². The molecular weight excluding hydrogens is 98.1 g/mol. The molecule has 0 amide bonds. The van der Waals surface area contributed by atoms with E-state index in [2.05, 4.69) is 5.32 Å². The maximum atomic E-state index is 3.59. The Kier molecular flexibility index (Phi) is 1.04. The van der Waals surface area contributed by atoms with E-state index in [4.69, 9.17) is 0 Å². The molecule has 0 aliphatic carbocycles. The first-order valence-electron chi connectivity index (χ1n) is 3.71. The Morgan fingerprint density at radius 3 is 2.12 bits per heavy atom. The lowest BCUT2D eigenvalue weighted by Crippen LogP contribution is -2.33. The zero-order valence-corrected chi connectivity index (χ0v) is 5.19. The molecule has 2 atom stereocenters. The van der Waals surface area contributed by atoms with E-state index in [0.29, 0.717) is 0 Å². The van der Waals surface area contributed by atoms with E-state index in [9.17, 15) is 0 Å². The summed E-state index contributed by atoms with van der Waals surface area (Å²) in [6.45, 7) is 0. The standard InChI is InChI=1S/C7H13N.H2/c1-2-6-4-5-7(3-1)8-6;/h6-8H,1-5H2;1H. The first-order valence-corrected chi connectivity index (χ1v) is 3.71. The summed E-state index contributed by atoms with van der Waals surface area (Å²) >= 11 is 0. The van der Waals surface area contributed by atoms with Crippen LogP contribution in [-0.4, -0.2) is 12.1 Å². The number of piperidine rings is 1. The van der Waals surface area contributed by atoms with E-state index in [0.717, 1.165) is 12.1 Å². The van der Waals surface area contributed by atoms with Crippen LogP contribution in [0.2, 0.25) is 0 Å². The minimum Gasteiger partial charge on any atom is -0.311 e.